The lowest BCUT2D eigenvalue weighted by Gasteiger charge is -2.45. The van der Waals surface area contributed by atoms with E-state index >= 15 is 0 Å². The minimum atomic E-state index is -0.161. The molecule has 1 aromatic rings. The second kappa shape index (κ2) is 5.20. The van der Waals surface area contributed by atoms with Gasteiger partial charge in [0.25, 0.3) is 0 Å². The highest BCUT2D eigenvalue weighted by molar-refractivity contribution is 5.99. The van der Waals surface area contributed by atoms with Gasteiger partial charge in [0.15, 0.2) is 0 Å². The van der Waals surface area contributed by atoms with Crippen molar-refractivity contribution in [3.8, 4) is 0 Å². The van der Waals surface area contributed by atoms with Crippen LogP contribution in [0.3, 0.4) is 0 Å². The zero-order valence-corrected chi connectivity index (χ0v) is 12.4. The van der Waals surface area contributed by atoms with Gasteiger partial charge in [-0.15, -0.1) is 0 Å². The Morgan fingerprint density at radius 2 is 1.79 bits per heavy atom. The molecule has 1 amide bonds. The van der Waals surface area contributed by atoms with Gasteiger partial charge in [-0.05, 0) is 30.9 Å². The van der Waals surface area contributed by atoms with Crippen molar-refractivity contribution in [3.05, 3.63) is 35.9 Å². The number of fused-ring (bicyclic) bond motifs is 1. The van der Waals surface area contributed by atoms with Crippen LogP contribution in [0.4, 0.5) is 5.69 Å². The third-order valence-electron chi connectivity index (χ3n) is 4.30. The van der Waals surface area contributed by atoms with Gasteiger partial charge in [-0.2, -0.15) is 0 Å². The van der Waals surface area contributed by atoms with Crippen LogP contribution in [0.25, 0.3) is 5.57 Å². The first-order valence-corrected chi connectivity index (χ1v) is 7.21. The molecule has 1 aliphatic heterocycles. The van der Waals surface area contributed by atoms with E-state index in [4.69, 9.17) is 0 Å². The molecule has 0 bridgehead atoms. The summed E-state index contributed by atoms with van der Waals surface area (Å²) in [7, 11) is 0. The van der Waals surface area contributed by atoms with Crippen LogP contribution in [0, 0.1) is 0 Å². The quantitative estimate of drug-likeness (QED) is 0.785. The van der Waals surface area contributed by atoms with Crippen LogP contribution in [0.5, 0.6) is 0 Å². The van der Waals surface area contributed by atoms with E-state index in [1.807, 2.05) is 17.0 Å². The topological polar surface area (TPSA) is 20.3 Å². The van der Waals surface area contributed by atoms with Gasteiger partial charge in [-0.3, -0.25) is 4.79 Å². The predicted molar refractivity (Wildman–Crippen MR) is 81.2 cm³/mol. The zero-order chi connectivity index (χ0) is 14.0. The van der Waals surface area contributed by atoms with E-state index in [2.05, 4.69) is 39.0 Å². The van der Waals surface area contributed by atoms with Gasteiger partial charge in [-0.1, -0.05) is 45.0 Å². The van der Waals surface area contributed by atoms with Crippen molar-refractivity contribution in [2.24, 2.45) is 0 Å². The smallest absolute Gasteiger partial charge is 0.224 e. The Labute approximate surface area is 116 Å². The number of para-hydroxylation sites is 1. The first kappa shape index (κ1) is 13.9. The van der Waals surface area contributed by atoms with E-state index in [9.17, 15) is 4.79 Å². The highest BCUT2D eigenvalue weighted by Gasteiger charge is 2.39. The molecule has 0 saturated carbocycles. The maximum absolute atomic E-state index is 12.2. The summed E-state index contributed by atoms with van der Waals surface area (Å²) in [6.45, 7) is 8.18. The Hall–Kier alpha value is -1.57. The average Bonchev–Trinajstić information content (AvgIpc) is 2.44. The van der Waals surface area contributed by atoms with Crippen LogP contribution in [0.2, 0.25) is 0 Å². The van der Waals surface area contributed by atoms with Gasteiger partial charge < -0.3 is 4.90 Å². The molecular weight excluding hydrogens is 234 g/mol. The zero-order valence-electron chi connectivity index (χ0n) is 12.4. The predicted octanol–water partition coefficient (Wildman–Crippen LogP) is 4.41. The van der Waals surface area contributed by atoms with E-state index in [0.717, 1.165) is 24.9 Å². The van der Waals surface area contributed by atoms with Crippen LogP contribution in [0.15, 0.2) is 30.3 Å². The summed E-state index contributed by atoms with van der Waals surface area (Å²) < 4.78 is 0. The number of carbonyl (C=O) groups excluding carboxylic acids is 1. The highest BCUT2D eigenvalue weighted by atomic mass is 16.2. The van der Waals surface area contributed by atoms with E-state index in [-0.39, 0.29) is 11.4 Å². The maximum Gasteiger partial charge on any atom is 0.224 e. The molecule has 2 rings (SSSR count). The highest BCUT2D eigenvalue weighted by Crippen LogP contribution is 2.43. The molecular formula is C17H23NO. The molecule has 0 spiro atoms. The third-order valence-corrected chi connectivity index (χ3v) is 4.30. The first-order valence-electron chi connectivity index (χ1n) is 7.21. The molecule has 102 valence electrons. The number of rotatable bonds is 3. The van der Waals surface area contributed by atoms with Gasteiger partial charge in [0, 0.05) is 12.5 Å². The van der Waals surface area contributed by atoms with Crippen LogP contribution in [0.1, 0.15) is 52.5 Å². The Morgan fingerprint density at radius 1 is 1.16 bits per heavy atom. The molecule has 0 atom stereocenters. The molecule has 0 aromatic heterocycles. The number of carbonyl (C=O) groups is 1. The van der Waals surface area contributed by atoms with Gasteiger partial charge in [0.1, 0.15) is 0 Å². The lowest BCUT2D eigenvalue weighted by atomic mass is 9.81. The van der Waals surface area contributed by atoms with Crippen molar-refractivity contribution in [1.29, 1.82) is 0 Å². The van der Waals surface area contributed by atoms with Crippen molar-refractivity contribution in [1.82, 2.24) is 0 Å². The van der Waals surface area contributed by atoms with Crippen molar-refractivity contribution in [2.45, 2.75) is 52.5 Å². The molecule has 0 radical (unpaired) electrons. The van der Waals surface area contributed by atoms with E-state index < -0.39 is 0 Å². The number of hydrogen-bond acceptors (Lipinski definition) is 1. The summed E-state index contributed by atoms with van der Waals surface area (Å²) in [4.78, 5) is 14.2. The van der Waals surface area contributed by atoms with Crippen molar-refractivity contribution in [3.63, 3.8) is 0 Å². The molecule has 0 aliphatic carbocycles. The van der Waals surface area contributed by atoms with Crippen molar-refractivity contribution in [2.75, 3.05) is 4.90 Å². The molecule has 0 fully saturated rings. The van der Waals surface area contributed by atoms with Gasteiger partial charge in [-0.25, -0.2) is 0 Å². The number of allylic oxidation sites excluding steroid dienone is 1. The number of benzene rings is 1. The van der Waals surface area contributed by atoms with Gasteiger partial charge in [0.2, 0.25) is 5.91 Å². The lowest BCUT2D eigenvalue weighted by Crippen LogP contribution is -2.51. The van der Waals surface area contributed by atoms with Gasteiger partial charge >= 0.3 is 0 Å². The fourth-order valence-corrected chi connectivity index (χ4v) is 3.19. The summed E-state index contributed by atoms with van der Waals surface area (Å²) in [6.07, 6.45) is 5.21. The van der Waals surface area contributed by atoms with Crippen molar-refractivity contribution >= 4 is 17.2 Å². The van der Waals surface area contributed by atoms with Crippen LogP contribution < -0.4 is 4.90 Å². The molecule has 1 aromatic carbocycles. The lowest BCUT2D eigenvalue weighted by molar-refractivity contribution is -0.117. The Bertz CT molecular complexity index is 512. The molecule has 1 heterocycles. The van der Waals surface area contributed by atoms with Crippen LogP contribution >= 0.6 is 0 Å². The Morgan fingerprint density at radius 3 is 2.32 bits per heavy atom. The normalized spacial score (nSPS) is 16.8. The molecule has 19 heavy (non-hydrogen) atoms. The molecule has 0 unspecified atom stereocenters. The van der Waals surface area contributed by atoms with E-state index in [1.54, 1.807) is 6.92 Å². The van der Waals surface area contributed by atoms with Gasteiger partial charge in [0.05, 0.1) is 11.2 Å². The summed E-state index contributed by atoms with van der Waals surface area (Å²) in [6, 6.07) is 8.25. The summed E-state index contributed by atoms with van der Waals surface area (Å²) in [5, 5.41) is 0. The average molecular weight is 257 g/mol. The minimum Gasteiger partial charge on any atom is -0.302 e. The van der Waals surface area contributed by atoms with Crippen molar-refractivity contribution < 1.29 is 4.79 Å². The van der Waals surface area contributed by atoms with Crippen LogP contribution in [-0.4, -0.2) is 11.4 Å². The SMILES string of the molecule is CCC1=CC(CC)(CC)N(C(C)=O)c2ccccc21. The second-order valence-electron chi connectivity index (χ2n) is 5.21. The fraction of sp³-hybridized carbons (Fsp3) is 0.471. The number of hydrogen-bond donors (Lipinski definition) is 0. The van der Waals surface area contributed by atoms with Crippen LogP contribution in [-0.2, 0) is 4.79 Å². The first-order chi connectivity index (χ1) is 9.09. The second-order valence-corrected chi connectivity index (χ2v) is 5.21. The fourth-order valence-electron chi connectivity index (χ4n) is 3.19. The number of nitrogens with zero attached hydrogens (tertiary/aromatic N) is 1. The monoisotopic (exact) mass is 257 g/mol. The molecule has 2 heteroatoms. The third kappa shape index (κ3) is 2.09. The molecule has 1 aliphatic rings. The maximum atomic E-state index is 12.2. The Balaban J connectivity index is 2.70. The Kier molecular flexibility index (Phi) is 3.79. The van der Waals surface area contributed by atoms with E-state index in [0.29, 0.717) is 0 Å². The molecule has 0 saturated heterocycles. The summed E-state index contributed by atoms with van der Waals surface area (Å²) in [5.74, 6) is 0.127. The standard InChI is InChI=1S/C17H23NO/c1-5-14-12-17(6-2,7-3)18(13(4)19)16-11-9-8-10-15(14)16/h8-12H,5-7H2,1-4H3. The largest absolute Gasteiger partial charge is 0.302 e. The number of anilines is 1. The van der Waals surface area contributed by atoms with E-state index in [1.165, 1.54) is 11.1 Å². The number of amides is 1. The summed E-state index contributed by atoms with van der Waals surface area (Å²) >= 11 is 0. The molecule has 0 N–H and O–H groups in total. The summed E-state index contributed by atoms with van der Waals surface area (Å²) in [5.41, 5.74) is 3.47. The minimum absolute atomic E-state index is 0.127. The molecule has 2 nitrogen and oxygen atoms in total.